The second-order valence-electron chi connectivity index (χ2n) is 20.9. The van der Waals surface area contributed by atoms with Crippen LogP contribution in [-0.4, -0.2) is 19.5 Å². The molecule has 0 N–H and O–H groups in total. The Balaban J connectivity index is 0.996. The summed E-state index contributed by atoms with van der Waals surface area (Å²) in [4.78, 5) is 17.8. The lowest BCUT2D eigenvalue weighted by Crippen LogP contribution is -2.16. The molecule has 0 atom stereocenters. The molecule has 0 amide bonds. The highest BCUT2D eigenvalue weighted by Crippen LogP contribution is 2.53. The number of aromatic nitrogens is 4. The Morgan fingerprint density at radius 1 is 0.311 bits per heavy atom. The molecule has 0 saturated carbocycles. The minimum Gasteiger partial charge on any atom is -0.310 e. The van der Waals surface area contributed by atoms with Crippen molar-refractivity contribution < 1.29 is 0 Å². The molecule has 0 bridgehead atoms. The van der Waals surface area contributed by atoms with Gasteiger partial charge >= 0.3 is 0 Å². The number of anilines is 3. The van der Waals surface area contributed by atoms with Crippen molar-refractivity contribution in [3.05, 3.63) is 259 Å². The monoisotopic (exact) mass is 949 g/mol. The normalized spacial score (nSPS) is 13.6. The number of hydrogen-bond donors (Lipinski definition) is 0. The molecule has 2 aromatic heterocycles. The van der Waals surface area contributed by atoms with Crippen molar-refractivity contribution in [3.8, 4) is 73.2 Å². The van der Waals surface area contributed by atoms with Gasteiger partial charge in [0.1, 0.15) is 0 Å². The first-order valence-corrected chi connectivity index (χ1v) is 25.6. The van der Waals surface area contributed by atoms with Gasteiger partial charge in [-0.2, -0.15) is 0 Å². The lowest BCUT2D eigenvalue weighted by molar-refractivity contribution is 0.660. The average Bonchev–Trinajstić information content (AvgIpc) is 4.03. The van der Waals surface area contributed by atoms with Crippen LogP contribution in [0.15, 0.2) is 237 Å². The summed E-state index contributed by atoms with van der Waals surface area (Å²) < 4.78 is 2.47. The smallest absolute Gasteiger partial charge is 0.164 e. The highest BCUT2D eigenvalue weighted by atomic mass is 15.1. The second kappa shape index (κ2) is 16.7. The third-order valence-corrected chi connectivity index (χ3v) is 15.8. The van der Waals surface area contributed by atoms with E-state index in [0.717, 1.165) is 50.5 Å². The zero-order valence-electron chi connectivity index (χ0n) is 41.8. The maximum absolute atomic E-state index is 5.18. The summed E-state index contributed by atoms with van der Waals surface area (Å²) in [5, 5.41) is 2.39. The van der Waals surface area contributed by atoms with Crippen LogP contribution in [-0.2, 0) is 10.8 Å². The van der Waals surface area contributed by atoms with Crippen molar-refractivity contribution >= 4 is 38.9 Å². The third-order valence-electron chi connectivity index (χ3n) is 15.8. The number of fused-ring (bicyclic) bond motifs is 9. The summed E-state index contributed by atoms with van der Waals surface area (Å²) in [6.07, 6.45) is 0. The van der Waals surface area contributed by atoms with E-state index in [-0.39, 0.29) is 10.8 Å². The number of benzene rings is 10. The number of nitrogens with zero attached hydrogens (tertiary/aromatic N) is 5. The van der Waals surface area contributed by atoms with Gasteiger partial charge in [-0.15, -0.1) is 0 Å². The molecule has 14 rings (SSSR count). The molecule has 12 aromatic rings. The Morgan fingerprint density at radius 2 is 0.770 bits per heavy atom. The summed E-state index contributed by atoms with van der Waals surface area (Å²) in [6.45, 7) is 9.44. The molecule has 0 spiro atoms. The molecule has 0 fully saturated rings. The topological polar surface area (TPSA) is 46.8 Å². The molecule has 0 aliphatic heterocycles. The Kier molecular flexibility index (Phi) is 9.83. The summed E-state index contributed by atoms with van der Waals surface area (Å²) in [7, 11) is 0. The maximum Gasteiger partial charge on any atom is 0.164 e. The van der Waals surface area contributed by atoms with Crippen LogP contribution in [0, 0.1) is 0 Å². The Labute approximate surface area is 431 Å². The van der Waals surface area contributed by atoms with Gasteiger partial charge in [0.25, 0.3) is 0 Å². The molecule has 74 heavy (non-hydrogen) atoms. The fourth-order valence-corrected chi connectivity index (χ4v) is 12.1. The van der Waals surface area contributed by atoms with E-state index in [0.29, 0.717) is 17.5 Å². The highest BCUT2D eigenvalue weighted by Gasteiger charge is 2.38. The van der Waals surface area contributed by atoms with E-state index in [9.17, 15) is 0 Å². The molecule has 2 heterocycles. The first-order valence-electron chi connectivity index (χ1n) is 25.6. The number of hydrogen-bond acceptors (Lipinski definition) is 4. The quantitative estimate of drug-likeness (QED) is 0.152. The lowest BCUT2D eigenvalue weighted by atomic mass is 9.82. The van der Waals surface area contributed by atoms with E-state index in [2.05, 4.69) is 237 Å². The van der Waals surface area contributed by atoms with E-state index in [1.54, 1.807) is 0 Å². The van der Waals surface area contributed by atoms with Crippen LogP contribution >= 0.6 is 0 Å². The molecule has 10 aromatic carbocycles. The number of rotatable bonds is 8. The van der Waals surface area contributed by atoms with Crippen LogP contribution in [0.5, 0.6) is 0 Å². The van der Waals surface area contributed by atoms with E-state index in [4.69, 9.17) is 15.0 Å². The van der Waals surface area contributed by atoms with Gasteiger partial charge in [0, 0.05) is 61.0 Å². The van der Waals surface area contributed by atoms with Gasteiger partial charge in [-0.3, -0.25) is 0 Å². The average molecular weight is 950 g/mol. The summed E-state index contributed by atoms with van der Waals surface area (Å²) in [6, 6.07) is 85.6. The SMILES string of the molecule is CC1(C)c2ccccc2-c2ccc(N(c3ccc(-c4ccccc4)cc3)c3ccc4c5cc6c(cc5n(-c5cccc(-c7nc(-c8ccccc8)nc(-c8ccccc8)n7)c5)c4c3)C(C)(C)c3ccccc3-6)cc21. The van der Waals surface area contributed by atoms with E-state index in [1.807, 2.05) is 36.4 Å². The van der Waals surface area contributed by atoms with Gasteiger partial charge in [-0.1, -0.05) is 204 Å². The first kappa shape index (κ1) is 43.6. The molecule has 0 radical (unpaired) electrons. The zero-order valence-corrected chi connectivity index (χ0v) is 41.8. The van der Waals surface area contributed by atoms with E-state index in [1.165, 1.54) is 66.4 Å². The Bertz CT molecular complexity index is 4110. The van der Waals surface area contributed by atoms with E-state index < -0.39 is 0 Å². The van der Waals surface area contributed by atoms with Gasteiger partial charge in [-0.25, -0.2) is 15.0 Å². The van der Waals surface area contributed by atoms with Gasteiger partial charge in [0.05, 0.1) is 11.0 Å². The van der Waals surface area contributed by atoms with Crippen LogP contribution in [0.4, 0.5) is 17.1 Å². The van der Waals surface area contributed by atoms with Gasteiger partial charge in [0.2, 0.25) is 0 Å². The van der Waals surface area contributed by atoms with Crippen molar-refractivity contribution in [1.29, 1.82) is 0 Å². The molecule has 5 nitrogen and oxygen atoms in total. The Morgan fingerprint density at radius 3 is 1.41 bits per heavy atom. The molecule has 0 saturated heterocycles. The molecule has 2 aliphatic carbocycles. The van der Waals surface area contributed by atoms with Crippen molar-refractivity contribution in [2.45, 2.75) is 38.5 Å². The van der Waals surface area contributed by atoms with Crippen LogP contribution in [0.25, 0.3) is 95.0 Å². The molecular weight excluding hydrogens is 899 g/mol. The first-order chi connectivity index (χ1) is 36.2. The van der Waals surface area contributed by atoms with Crippen LogP contribution < -0.4 is 4.90 Å². The summed E-state index contributed by atoms with van der Waals surface area (Å²) in [5.74, 6) is 1.88. The predicted molar refractivity (Wildman–Crippen MR) is 306 cm³/mol. The minimum atomic E-state index is -0.190. The highest BCUT2D eigenvalue weighted by molar-refractivity contribution is 6.13. The van der Waals surface area contributed by atoms with Crippen molar-refractivity contribution in [3.63, 3.8) is 0 Å². The van der Waals surface area contributed by atoms with E-state index >= 15 is 0 Å². The molecule has 2 aliphatic rings. The molecule has 5 heteroatoms. The Hall–Kier alpha value is -9.19. The van der Waals surface area contributed by atoms with Gasteiger partial charge < -0.3 is 9.47 Å². The molecule has 352 valence electrons. The van der Waals surface area contributed by atoms with Crippen molar-refractivity contribution in [1.82, 2.24) is 19.5 Å². The van der Waals surface area contributed by atoms with Gasteiger partial charge in [0.15, 0.2) is 17.5 Å². The predicted octanol–water partition coefficient (Wildman–Crippen LogP) is 17.7. The summed E-state index contributed by atoms with van der Waals surface area (Å²) in [5.41, 5.74) is 21.9. The zero-order chi connectivity index (χ0) is 49.7. The fraction of sp³-hybridized carbons (Fsp3) is 0.0870. The van der Waals surface area contributed by atoms with Crippen LogP contribution in [0.1, 0.15) is 49.9 Å². The minimum absolute atomic E-state index is 0.165. The van der Waals surface area contributed by atoms with Crippen LogP contribution in [0.2, 0.25) is 0 Å². The largest absolute Gasteiger partial charge is 0.310 e. The molecule has 0 unspecified atom stereocenters. The maximum atomic E-state index is 5.18. The lowest BCUT2D eigenvalue weighted by Gasteiger charge is -2.28. The fourth-order valence-electron chi connectivity index (χ4n) is 12.1. The van der Waals surface area contributed by atoms with Crippen molar-refractivity contribution in [2.24, 2.45) is 0 Å². The molecular formula is C69H51N5. The third kappa shape index (κ3) is 6.88. The standard InChI is InChI=1S/C69H51N5/c1-68(2)59-29-16-14-27-53(59)55-37-35-51(40-61(55)68)73(49-33-31-45(32-34-49)44-19-8-5-9-20-44)52-36-38-56-58-42-57-54-28-15-17-30-60(54)69(3,4)62(57)43-64(58)74(63(56)41-52)50-26-18-25-48(39-50)67-71-65(46-21-10-6-11-22-46)70-66(72-67)47-23-12-7-13-24-47/h5-43H,1-4H3. The van der Waals surface area contributed by atoms with Crippen LogP contribution in [0.3, 0.4) is 0 Å². The summed E-state index contributed by atoms with van der Waals surface area (Å²) >= 11 is 0. The van der Waals surface area contributed by atoms with Gasteiger partial charge in [-0.05, 0) is 116 Å². The second-order valence-corrected chi connectivity index (χ2v) is 20.9. The van der Waals surface area contributed by atoms with Crippen molar-refractivity contribution in [2.75, 3.05) is 4.90 Å².